The molecule has 2 rings (SSSR count). The van der Waals surface area contributed by atoms with Gasteiger partial charge in [-0.05, 0) is 26.8 Å². The minimum absolute atomic E-state index is 0.109. The smallest absolute Gasteiger partial charge is 0.285 e. The quantitative estimate of drug-likeness (QED) is 0.614. The lowest BCUT2D eigenvalue weighted by Crippen LogP contribution is -2.50. The summed E-state index contributed by atoms with van der Waals surface area (Å²) in [5.74, 6) is -0.309. The number of rotatable bonds is 2. The van der Waals surface area contributed by atoms with Crippen LogP contribution in [0.15, 0.2) is 18.2 Å². The van der Waals surface area contributed by atoms with Crippen LogP contribution in [0.3, 0.4) is 0 Å². The summed E-state index contributed by atoms with van der Waals surface area (Å²) in [4.78, 5) is 24.8. The molecule has 0 spiro atoms. The maximum absolute atomic E-state index is 12.5. The monoisotopic (exact) mass is 278 g/mol. The molecule has 0 radical (unpaired) electrons. The molecule has 1 fully saturated rings. The predicted molar refractivity (Wildman–Crippen MR) is 73.8 cm³/mol. The molecule has 1 aliphatic rings. The Labute approximate surface area is 117 Å². The number of carbonyl (C=O) groups excluding carboxylic acids is 1. The van der Waals surface area contributed by atoms with Gasteiger partial charge in [0.15, 0.2) is 0 Å². The van der Waals surface area contributed by atoms with Gasteiger partial charge in [0.1, 0.15) is 5.56 Å². The van der Waals surface area contributed by atoms with Gasteiger partial charge in [0, 0.05) is 18.7 Å². The van der Waals surface area contributed by atoms with E-state index in [1.165, 1.54) is 6.07 Å². The molecule has 108 valence electrons. The molecule has 1 saturated heterocycles. The highest BCUT2D eigenvalue weighted by atomic mass is 16.6. The number of nitrogens with zero attached hydrogens (tertiary/aromatic N) is 2. The van der Waals surface area contributed by atoms with Gasteiger partial charge in [-0.3, -0.25) is 14.9 Å². The van der Waals surface area contributed by atoms with Crippen molar-refractivity contribution in [3.63, 3.8) is 0 Å². The van der Waals surface area contributed by atoms with E-state index in [1.54, 1.807) is 24.0 Å². The number of aryl methyl sites for hydroxylation is 1. The number of nitro groups is 1. The van der Waals surface area contributed by atoms with Crippen LogP contribution in [0.2, 0.25) is 0 Å². The summed E-state index contributed by atoms with van der Waals surface area (Å²) in [6, 6.07) is 4.81. The summed E-state index contributed by atoms with van der Waals surface area (Å²) >= 11 is 0. The van der Waals surface area contributed by atoms with E-state index in [0.717, 1.165) is 0 Å². The number of benzene rings is 1. The van der Waals surface area contributed by atoms with Gasteiger partial charge < -0.3 is 9.64 Å². The van der Waals surface area contributed by atoms with Crippen molar-refractivity contribution in [2.75, 3.05) is 19.7 Å². The van der Waals surface area contributed by atoms with Crippen molar-refractivity contribution in [3.05, 3.63) is 39.4 Å². The maximum Gasteiger partial charge on any atom is 0.285 e. The highest BCUT2D eigenvalue weighted by Gasteiger charge is 2.33. The number of amides is 1. The zero-order chi connectivity index (χ0) is 14.9. The molecule has 6 nitrogen and oxygen atoms in total. The second-order valence-corrected chi connectivity index (χ2v) is 5.56. The van der Waals surface area contributed by atoms with Crippen molar-refractivity contribution in [1.82, 2.24) is 4.90 Å². The number of morpholine rings is 1. The van der Waals surface area contributed by atoms with Gasteiger partial charge in [0.25, 0.3) is 11.6 Å². The van der Waals surface area contributed by atoms with Gasteiger partial charge in [-0.15, -0.1) is 0 Å². The van der Waals surface area contributed by atoms with Gasteiger partial charge in [-0.2, -0.15) is 0 Å². The topological polar surface area (TPSA) is 72.7 Å². The van der Waals surface area contributed by atoms with Crippen molar-refractivity contribution >= 4 is 11.6 Å². The van der Waals surface area contributed by atoms with E-state index in [-0.39, 0.29) is 17.2 Å². The number of nitro benzene ring substituents is 1. The third-order valence-corrected chi connectivity index (χ3v) is 3.36. The maximum atomic E-state index is 12.5. The second-order valence-electron chi connectivity index (χ2n) is 5.56. The van der Waals surface area contributed by atoms with Crippen LogP contribution in [0.4, 0.5) is 5.69 Å². The first-order chi connectivity index (χ1) is 9.32. The van der Waals surface area contributed by atoms with Gasteiger partial charge in [0.2, 0.25) is 0 Å². The highest BCUT2D eigenvalue weighted by molar-refractivity contribution is 5.98. The third kappa shape index (κ3) is 2.80. The summed E-state index contributed by atoms with van der Waals surface area (Å²) in [6.07, 6.45) is 0. The van der Waals surface area contributed by atoms with Crippen LogP contribution in [-0.2, 0) is 4.74 Å². The van der Waals surface area contributed by atoms with Crippen molar-refractivity contribution in [2.24, 2.45) is 0 Å². The van der Waals surface area contributed by atoms with Crippen molar-refractivity contribution in [3.8, 4) is 0 Å². The van der Waals surface area contributed by atoms with Crippen LogP contribution in [0.5, 0.6) is 0 Å². The van der Waals surface area contributed by atoms with E-state index in [1.807, 2.05) is 13.8 Å². The van der Waals surface area contributed by atoms with Crippen molar-refractivity contribution in [1.29, 1.82) is 0 Å². The minimum atomic E-state index is -0.492. The van der Waals surface area contributed by atoms with Crippen molar-refractivity contribution in [2.45, 2.75) is 26.4 Å². The van der Waals surface area contributed by atoms with Crippen LogP contribution in [0.25, 0.3) is 0 Å². The Balaban J connectivity index is 2.34. The van der Waals surface area contributed by atoms with E-state index < -0.39 is 10.5 Å². The summed E-state index contributed by atoms with van der Waals surface area (Å²) in [7, 11) is 0. The first kappa shape index (κ1) is 14.5. The van der Waals surface area contributed by atoms with Crippen LogP contribution in [0.1, 0.15) is 29.8 Å². The minimum Gasteiger partial charge on any atom is -0.372 e. The van der Waals surface area contributed by atoms with E-state index in [4.69, 9.17) is 4.74 Å². The van der Waals surface area contributed by atoms with Gasteiger partial charge in [-0.25, -0.2) is 0 Å². The number of hydrogen-bond donors (Lipinski definition) is 0. The molecule has 0 N–H and O–H groups in total. The van der Waals surface area contributed by atoms with Gasteiger partial charge in [-0.1, -0.05) is 12.1 Å². The molecule has 1 amide bonds. The Morgan fingerprint density at radius 2 is 2.15 bits per heavy atom. The average molecular weight is 278 g/mol. The van der Waals surface area contributed by atoms with E-state index >= 15 is 0 Å². The molecule has 1 heterocycles. The molecule has 1 aliphatic heterocycles. The zero-order valence-corrected chi connectivity index (χ0v) is 11.9. The Bertz CT molecular complexity index is 554. The van der Waals surface area contributed by atoms with Crippen LogP contribution >= 0.6 is 0 Å². The average Bonchev–Trinajstić information content (AvgIpc) is 2.35. The molecule has 6 heteroatoms. The largest absolute Gasteiger partial charge is 0.372 e. The van der Waals surface area contributed by atoms with Crippen molar-refractivity contribution < 1.29 is 14.5 Å². The fraction of sp³-hybridized carbons (Fsp3) is 0.500. The van der Waals surface area contributed by atoms with Crippen LogP contribution in [-0.4, -0.2) is 41.0 Å². The number of carbonyl (C=O) groups is 1. The standard InChI is InChI=1S/C14H18N2O4/c1-10-5-4-6-11(12(10)16(18)19)13(17)15-7-8-20-14(2,3)9-15/h4-6H,7-9H2,1-3H3. The molecule has 0 atom stereocenters. The molecule has 1 aromatic rings. The number of ether oxygens (including phenoxy) is 1. The summed E-state index contributed by atoms with van der Waals surface area (Å²) in [5, 5.41) is 11.2. The first-order valence-corrected chi connectivity index (χ1v) is 6.49. The van der Waals surface area contributed by atoms with Crippen LogP contribution in [0, 0.1) is 17.0 Å². The highest BCUT2D eigenvalue weighted by Crippen LogP contribution is 2.26. The SMILES string of the molecule is Cc1cccc(C(=O)N2CCOC(C)(C)C2)c1[N+](=O)[O-]. The van der Waals surface area contributed by atoms with Gasteiger partial charge in [0.05, 0.1) is 17.1 Å². The van der Waals surface area contributed by atoms with E-state index in [9.17, 15) is 14.9 Å². The fourth-order valence-electron chi connectivity index (χ4n) is 2.43. The first-order valence-electron chi connectivity index (χ1n) is 6.49. The molecule has 0 aliphatic carbocycles. The molecule has 0 bridgehead atoms. The lowest BCUT2D eigenvalue weighted by Gasteiger charge is -2.38. The predicted octanol–water partition coefficient (Wildman–Crippen LogP) is 2.15. The second kappa shape index (κ2) is 5.20. The lowest BCUT2D eigenvalue weighted by molar-refractivity contribution is -0.385. The normalized spacial score (nSPS) is 17.9. The zero-order valence-electron chi connectivity index (χ0n) is 11.9. The molecule has 0 saturated carbocycles. The number of para-hydroxylation sites is 1. The van der Waals surface area contributed by atoms with Crippen LogP contribution < -0.4 is 0 Å². The van der Waals surface area contributed by atoms with E-state index in [2.05, 4.69) is 0 Å². The number of hydrogen-bond acceptors (Lipinski definition) is 4. The molecular formula is C14H18N2O4. The Kier molecular flexibility index (Phi) is 3.76. The summed E-state index contributed by atoms with van der Waals surface area (Å²) in [6.45, 7) is 6.76. The molecule has 0 unspecified atom stereocenters. The fourth-order valence-corrected chi connectivity index (χ4v) is 2.43. The Morgan fingerprint density at radius 1 is 1.45 bits per heavy atom. The molecular weight excluding hydrogens is 260 g/mol. The summed E-state index contributed by atoms with van der Waals surface area (Å²) in [5.41, 5.74) is 0.106. The third-order valence-electron chi connectivity index (χ3n) is 3.36. The van der Waals surface area contributed by atoms with E-state index in [0.29, 0.717) is 25.3 Å². The molecule has 0 aromatic heterocycles. The van der Waals surface area contributed by atoms with Gasteiger partial charge >= 0.3 is 0 Å². The lowest BCUT2D eigenvalue weighted by atomic mass is 10.0. The molecule has 1 aromatic carbocycles. The Hall–Kier alpha value is -1.95. The summed E-state index contributed by atoms with van der Waals surface area (Å²) < 4.78 is 5.56. The Morgan fingerprint density at radius 3 is 2.75 bits per heavy atom. The molecule has 20 heavy (non-hydrogen) atoms.